The molecule has 0 aliphatic rings. The summed E-state index contributed by atoms with van der Waals surface area (Å²) in [6, 6.07) is 12.6. The number of aliphatic carboxylic acids is 1. The van der Waals surface area contributed by atoms with Gasteiger partial charge in [-0.1, -0.05) is 31.0 Å². The summed E-state index contributed by atoms with van der Waals surface area (Å²) in [6.07, 6.45) is 4.96. The molecule has 0 saturated carbocycles. The molecule has 0 atom stereocenters. The number of carbonyl (C=O) groups is 2. The number of benzene rings is 1. The lowest BCUT2D eigenvalue weighted by Crippen LogP contribution is -2.25. The van der Waals surface area contributed by atoms with Crippen molar-refractivity contribution in [3.8, 4) is 11.5 Å². The van der Waals surface area contributed by atoms with Gasteiger partial charge in [0.05, 0.1) is 0 Å². The number of hydrogen-bond donors (Lipinski definition) is 2. The maximum atomic E-state index is 12.1. The van der Waals surface area contributed by atoms with Crippen molar-refractivity contribution in [3.63, 3.8) is 0 Å². The summed E-state index contributed by atoms with van der Waals surface area (Å²) in [4.78, 5) is 26.6. The zero-order valence-electron chi connectivity index (χ0n) is 14.0. The van der Waals surface area contributed by atoms with Crippen LogP contribution in [0.3, 0.4) is 0 Å². The van der Waals surface area contributed by atoms with Crippen LogP contribution in [0.1, 0.15) is 42.6 Å². The molecule has 1 aromatic carbocycles. The zero-order valence-corrected chi connectivity index (χ0v) is 14.0. The average Bonchev–Trinajstić information content (AvgIpc) is 2.61. The Hall–Kier alpha value is -2.89. The first-order valence-corrected chi connectivity index (χ1v) is 8.34. The number of aromatic nitrogens is 1. The Kier molecular flexibility index (Phi) is 7.43. The second-order valence-corrected chi connectivity index (χ2v) is 5.61. The largest absolute Gasteiger partial charge is 0.481 e. The summed E-state index contributed by atoms with van der Waals surface area (Å²) < 4.78 is 5.69. The summed E-state index contributed by atoms with van der Waals surface area (Å²) in [5, 5.41) is 11.4. The van der Waals surface area contributed by atoms with Gasteiger partial charge in [0, 0.05) is 25.2 Å². The third-order valence-corrected chi connectivity index (χ3v) is 3.55. The van der Waals surface area contributed by atoms with Gasteiger partial charge in [-0.15, -0.1) is 0 Å². The molecule has 2 aromatic rings. The van der Waals surface area contributed by atoms with Crippen LogP contribution in [0.4, 0.5) is 0 Å². The molecule has 1 heterocycles. The third-order valence-electron chi connectivity index (χ3n) is 3.55. The lowest BCUT2D eigenvalue weighted by Gasteiger charge is -2.08. The first-order valence-electron chi connectivity index (χ1n) is 8.34. The maximum Gasteiger partial charge on any atom is 0.303 e. The van der Waals surface area contributed by atoms with Gasteiger partial charge in [0.2, 0.25) is 0 Å². The molecule has 0 aliphatic heterocycles. The number of hydrogen-bond acceptors (Lipinski definition) is 4. The Labute approximate surface area is 146 Å². The Morgan fingerprint density at radius 2 is 1.76 bits per heavy atom. The normalized spacial score (nSPS) is 10.2. The van der Waals surface area contributed by atoms with Crippen LogP contribution in [-0.4, -0.2) is 28.5 Å². The van der Waals surface area contributed by atoms with E-state index in [-0.39, 0.29) is 12.3 Å². The summed E-state index contributed by atoms with van der Waals surface area (Å²) in [5.41, 5.74) is 0.305. The summed E-state index contributed by atoms with van der Waals surface area (Å²) in [5.74, 6) is 0.238. The van der Waals surface area contributed by atoms with Gasteiger partial charge in [-0.25, -0.2) is 0 Å². The van der Waals surface area contributed by atoms with E-state index in [0.717, 1.165) is 19.3 Å². The quantitative estimate of drug-likeness (QED) is 0.644. The number of amides is 1. The second kappa shape index (κ2) is 10.1. The number of ether oxygens (including phenoxy) is 1. The molecule has 1 aromatic heterocycles. The van der Waals surface area contributed by atoms with Crippen molar-refractivity contribution in [2.24, 2.45) is 0 Å². The molecule has 132 valence electrons. The minimum atomic E-state index is -0.767. The van der Waals surface area contributed by atoms with Crippen LogP contribution in [0, 0.1) is 0 Å². The molecule has 0 aliphatic carbocycles. The Morgan fingerprint density at radius 3 is 2.52 bits per heavy atom. The molecule has 0 fully saturated rings. The van der Waals surface area contributed by atoms with Gasteiger partial charge in [0.1, 0.15) is 17.2 Å². The molecule has 0 bridgehead atoms. The smallest absolute Gasteiger partial charge is 0.303 e. The standard InChI is InChI=1S/C19H22N2O4/c22-18(23)10-6-1-2-7-12-21-19(24)17-14-16(11-13-20-17)25-15-8-4-3-5-9-15/h3-5,8-9,11,13-14H,1-2,6-7,10,12H2,(H,21,24)(H,22,23). The fourth-order valence-electron chi connectivity index (χ4n) is 2.27. The number of nitrogens with zero attached hydrogens (tertiary/aromatic N) is 1. The average molecular weight is 342 g/mol. The molecule has 0 spiro atoms. The molecule has 6 nitrogen and oxygen atoms in total. The molecular weight excluding hydrogens is 320 g/mol. The second-order valence-electron chi connectivity index (χ2n) is 5.61. The van der Waals surface area contributed by atoms with Crippen molar-refractivity contribution in [1.29, 1.82) is 0 Å². The summed E-state index contributed by atoms with van der Waals surface area (Å²) in [6.45, 7) is 0.539. The van der Waals surface area contributed by atoms with E-state index >= 15 is 0 Å². The number of unbranched alkanes of at least 4 members (excludes halogenated alkanes) is 3. The predicted molar refractivity (Wildman–Crippen MR) is 93.8 cm³/mol. The van der Waals surface area contributed by atoms with Gasteiger partial charge < -0.3 is 15.2 Å². The van der Waals surface area contributed by atoms with Crippen LogP contribution in [-0.2, 0) is 4.79 Å². The van der Waals surface area contributed by atoms with Gasteiger partial charge in [-0.3, -0.25) is 14.6 Å². The van der Waals surface area contributed by atoms with E-state index in [9.17, 15) is 9.59 Å². The van der Waals surface area contributed by atoms with Gasteiger partial charge in [0.25, 0.3) is 5.91 Å². The number of carboxylic acids is 1. The monoisotopic (exact) mass is 342 g/mol. The van der Waals surface area contributed by atoms with Crippen molar-refractivity contribution >= 4 is 11.9 Å². The van der Waals surface area contributed by atoms with E-state index < -0.39 is 5.97 Å². The van der Waals surface area contributed by atoms with Crippen LogP contribution in [0.25, 0.3) is 0 Å². The molecule has 2 rings (SSSR count). The molecule has 25 heavy (non-hydrogen) atoms. The Balaban J connectivity index is 1.74. The number of para-hydroxylation sites is 1. The number of rotatable bonds is 10. The van der Waals surface area contributed by atoms with Crippen molar-refractivity contribution in [2.45, 2.75) is 32.1 Å². The van der Waals surface area contributed by atoms with Crippen LogP contribution < -0.4 is 10.1 Å². The first-order chi connectivity index (χ1) is 12.1. The third kappa shape index (κ3) is 7.03. The molecular formula is C19H22N2O4. The van der Waals surface area contributed by atoms with Crippen LogP contribution >= 0.6 is 0 Å². The Morgan fingerprint density at radius 1 is 1.00 bits per heavy atom. The van der Waals surface area contributed by atoms with Crippen molar-refractivity contribution in [1.82, 2.24) is 10.3 Å². The van der Waals surface area contributed by atoms with E-state index in [1.807, 2.05) is 30.3 Å². The summed E-state index contributed by atoms with van der Waals surface area (Å²) in [7, 11) is 0. The van der Waals surface area contributed by atoms with Crippen LogP contribution in [0.15, 0.2) is 48.7 Å². The van der Waals surface area contributed by atoms with E-state index in [1.54, 1.807) is 18.3 Å². The Bertz CT molecular complexity index is 689. The highest BCUT2D eigenvalue weighted by Crippen LogP contribution is 2.20. The van der Waals surface area contributed by atoms with Gasteiger partial charge >= 0.3 is 5.97 Å². The van der Waals surface area contributed by atoms with E-state index in [0.29, 0.717) is 30.2 Å². The highest BCUT2D eigenvalue weighted by molar-refractivity contribution is 5.92. The lowest BCUT2D eigenvalue weighted by atomic mass is 10.1. The van der Waals surface area contributed by atoms with Gasteiger partial charge in [-0.05, 0) is 31.0 Å². The minimum absolute atomic E-state index is 0.199. The SMILES string of the molecule is O=C(O)CCCCCCNC(=O)c1cc(Oc2ccccc2)ccn1. The lowest BCUT2D eigenvalue weighted by molar-refractivity contribution is -0.137. The highest BCUT2D eigenvalue weighted by Gasteiger charge is 2.08. The maximum absolute atomic E-state index is 12.1. The van der Waals surface area contributed by atoms with Crippen molar-refractivity contribution < 1.29 is 19.4 Å². The van der Waals surface area contributed by atoms with Crippen molar-refractivity contribution in [3.05, 3.63) is 54.4 Å². The zero-order chi connectivity index (χ0) is 17.9. The molecule has 0 saturated heterocycles. The number of nitrogens with one attached hydrogen (secondary N) is 1. The molecule has 6 heteroatoms. The van der Waals surface area contributed by atoms with Crippen LogP contribution in [0.5, 0.6) is 11.5 Å². The highest BCUT2D eigenvalue weighted by atomic mass is 16.5. The number of carboxylic acid groups (broad SMARTS) is 1. The van der Waals surface area contributed by atoms with Crippen LogP contribution in [0.2, 0.25) is 0 Å². The van der Waals surface area contributed by atoms with E-state index in [1.165, 1.54) is 0 Å². The topological polar surface area (TPSA) is 88.5 Å². The molecule has 0 unspecified atom stereocenters. The minimum Gasteiger partial charge on any atom is -0.481 e. The predicted octanol–water partition coefficient (Wildman–Crippen LogP) is 3.64. The van der Waals surface area contributed by atoms with Gasteiger partial charge in [0.15, 0.2) is 0 Å². The van der Waals surface area contributed by atoms with Gasteiger partial charge in [-0.2, -0.15) is 0 Å². The number of carbonyl (C=O) groups excluding carboxylic acids is 1. The van der Waals surface area contributed by atoms with Crippen molar-refractivity contribution in [2.75, 3.05) is 6.54 Å². The molecule has 2 N–H and O–H groups in total. The fourth-order valence-corrected chi connectivity index (χ4v) is 2.27. The molecule has 1 amide bonds. The fraction of sp³-hybridized carbons (Fsp3) is 0.316. The number of pyridine rings is 1. The van der Waals surface area contributed by atoms with E-state index in [4.69, 9.17) is 9.84 Å². The molecule has 0 radical (unpaired) electrons. The summed E-state index contributed by atoms with van der Waals surface area (Å²) >= 11 is 0. The first kappa shape index (κ1) is 18.4. The van der Waals surface area contributed by atoms with E-state index in [2.05, 4.69) is 10.3 Å².